The van der Waals surface area contributed by atoms with Crippen LogP contribution in [0.15, 0.2) is 78.9 Å². The Balaban J connectivity index is 1.54. The number of nitrogens with one attached hydrogen (secondary N) is 2. The highest BCUT2D eigenvalue weighted by molar-refractivity contribution is 6.04. The Kier molecular flexibility index (Phi) is 7.44. The zero-order valence-corrected chi connectivity index (χ0v) is 16.8. The van der Waals surface area contributed by atoms with Gasteiger partial charge in [0.1, 0.15) is 18.1 Å². The number of benzene rings is 3. The van der Waals surface area contributed by atoms with Gasteiger partial charge in [0.15, 0.2) is 6.61 Å². The second kappa shape index (κ2) is 10.7. The van der Waals surface area contributed by atoms with E-state index in [-0.39, 0.29) is 18.4 Å². The zero-order chi connectivity index (χ0) is 21.2. The lowest BCUT2D eigenvalue weighted by atomic mass is 10.2. The third-order valence-corrected chi connectivity index (χ3v) is 4.20. The minimum absolute atomic E-state index is 0.0463. The van der Waals surface area contributed by atoms with E-state index < -0.39 is 0 Å². The van der Waals surface area contributed by atoms with Crippen LogP contribution in [0, 0.1) is 0 Å². The maximum Gasteiger partial charge on any atom is 0.257 e. The van der Waals surface area contributed by atoms with Crippen molar-refractivity contribution in [2.45, 2.75) is 13.5 Å². The Hall–Kier alpha value is -3.80. The Morgan fingerprint density at radius 3 is 2.33 bits per heavy atom. The van der Waals surface area contributed by atoms with E-state index in [0.717, 1.165) is 5.56 Å². The van der Waals surface area contributed by atoms with Crippen molar-refractivity contribution in [3.05, 3.63) is 90.0 Å². The van der Waals surface area contributed by atoms with Gasteiger partial charge in [-0.3, -0.25) is 9.59 Å². The quantitative estimate of drug-likeness (QED) is 0.565. The highest BCUT2D eigenvalue weighted by Crippen LogP contribution is 2.19. The van der Waals surface area contributed by atoms with E-state index in [9.17, 15) is 9.59 Å². The minimum atomic E-state index is -0.240. The maximum atomic E-state index is 12.6. The number of anilines is 1. The molecule has 6 heteroatoms. The molecule has 0 aromatic heterocycles. The molecule has 3 aromatic rings. The third-order valence-electron chi connectivity index (χ3n) is 4.20. The van der Waals surface area contributed by atoms with Crippen LogP contribution >= 0.6 is 0 Å². The first-order valence-electron chi connectivity index (χ1n) is 9.72. The third kappa shape index (κ3) is 6.38. The first kappa shape index (κ1) is 20.9. The molecule has 2 N–H and O–H groups in total. The SMILES string of the molecule is CCNC(=O)COc1ccc(NC(=O)c2cccc(OCc3ccccc3)c2)cc1. The molecule has 0 spiro atoms. The van der Waals surface area contributed by atoms with Crippen molar-refractivity contribution in [3.63, 3.8) is 0 Å². The lowest BCUT2D eigenvalue weighted by molar-refractivity contribution is -0.122. The number of carbonyl (C=O) groups is 2. The second-order valence-electron chi connectivity index (χ2n) is 6.52. The lowest BCUT2D eigenvalue weighted by Gasteiger charge is -2.10. The molecule has 0 saturated heterocycles. The molecule has 0 unspecified atom stereocenters. The van der Waals surface area contributed by atoms with Gasteiger partial charge >= 0.3 is 0 Å². The van der Waals surface area contributed by atoms with E-state index in [1.807, 2.05) is 43.3 Å². The van der Waals surface area contributed by atoms with Gasteiger partial charge in [-0.1, -0.05) is 36.4 Å². The highest BCUT2D eigenvalue weighted by atomic mass is 16.5. The fraction of sp³-hybridized carbons (Fsp3) is 0.167. The molecule has 0 radical (unpaired) electrons. The molecule has 6 nitrogen and oxygen atoms in total. The summed E-state index contributed by atoms with van der Waals surface area (Å²) in [5.41, 5.74) is 2.18. The average molecular weight is 404 g/mol. The van der Waals surface area contributed by atoms with E-state index in [4.69, 9.17) is 9.47 Å². The Labute approximate surface area is 175 Å². The van der Waals surface area contributed by atoms with Crippen molar-refractivity contribution in [2.75, 3.05) is 18.5 Å². The summed E-state index contributed by atoms with van der Waals surface area (Å²) in [7, 11) is 0. The van der Waals surface area contributed by atoms with E-state index in [0.29, 0.717) is 35.9 Å². The Morgan fingerprint density at radius 1 is 0.833 bits per heavy atom. The van der Waals surface area contributed by atoms with E-state index >= 15 is 0 Å². The predicted octanol–water partition coefficient (Wildman–Crippen LogP) is 4.03. The van der Waals surface area contributed by atoms with Crippen LogP contribution in [0.25, 0.3) is 0 Å². The molecule has 0 saturated carbocycles. The first-order valence-corrected chi connectivity index (χ1v) is 9.72. The highest BCUT2D eigenvalue weighted by Gasteiger charge is 2.08. The van der Waals surface area contributed by atoms with E-state index in [1.165, 1.54) is 0 Å². The molecule has 0 aliphatic carbocycles. The number of rotatable bonds is 9. The van der Waals surface area contributed by atoms with Gasteiger partial charge in [-0.15, -0.1) is 0 Å². The summed E-state index contributed by atoms with van der Waals surface area (Å²) in [6.45, 7) is 2.80. The van der Waals surface area contributed by atoms with Crippen LogP contribution < -0.4 is 20.1 Å². The Morgan fingerprint density at radius 2 is 1.60 bits per heavy atom. The van der Waals surface area contributed by atoms with Crippen molar-refractivity contribution < 1.29 is 19.1 Å². The van der Waals surface area contributed by atoms with Crippen molar-refractivity contribution >= 4 is 17.5 Å². The summed E-state index contributed by atoms with van der Waals surface area (Å²) in [6, 6.07) is 23.7. The number of amides is 2. The largest absolute Gasteiger partial charge is 0.489 e. The van der Waals surface area contributed by atoms with Crippen LogP contribution in [-0.2, 0) is 11.4 Å². The van der Waals surface area contributed by atoms with Gasteiger partial charge in [0.05, 0.1) is 0 Å². The molecular formula is C24H24N2O4. The van der Waals surface area contributed by atoms with Crippen molar-refractivity contribution in [1.29, 1.82) is 0 Å². The second-order valence-corrected chi connectivity index (χ2v) is 6.52. The lowest BCUT2D eigenvalue weighted by Crippen LogP contribution is -2.28. The summed E-state index contributed by atoms with van der Waals surface area (Å²) < 4.78 is 11.2. The van der Waals surface area contributed by atoms with Crippen molar-refractivity contribution in [2.24, 2.45) is 0 Å². The molecular weight excluding hydrogens is 380 g/mol. The molecule has 2 amide bonds. The molecule has 3 rings (SSSR count). The van der Waals surface area contributed by atoms with Crippen LogP contribution in [0.5, 0.6) is 11.5 Å². The summed E-state index contributed by atoms with van der Waals surface area (Å²) in [6.07, 6.45) is 0. The molecule has 0 atom stereocenters. The molecule has 0 fully saturated rings. The van der Waals surface area contributed by atoms with Crippen LogP contribution in [-0.4, -0.2) is 25.0 Å². The van der Waals surface area contributed by atoms with Crippen molar-refractivity contribution in [1.82, 2.24) is 5.32 Å². The van der Waals surface area contributed by atoms with Gasteiger partial charge in [-0.05, 0) is 55.0 Å². The molecule has 0 bridgehead atoms. The number of ether oxygens (including phenoxy) is 2. The van der Waals surface area contributed by atoms with Gasteiger partial charge in [0.25, 0.3) is 11.8 Å². The average Bonchev–Trinajstić information content (AvgIpc) is 2.78. The standard InChI is InChI=1S/C24H24N2O4/c1-2-25-23(27)17-30-21-13-11-20(12-14-21)26-24(28)19-9-6-10-22(15-19)29-16-18-7-4-3-5-8-18/h3-15H,2,16-17H2,1H3,(H,25,27)(H,26,28). The zero-order valence-electron chi connectivity index (χ0n) is 16.8. The van der Waals surface area contributed by atoms with Crippen LogP contribution in [0.2, 0.25) is 0 Å². The predicted molar refractivity (Wildman–Crippen MR) is 116 cm³/mol. The minimum Gasteiger partial charge on any atom is -0.489 e. The molecule has 0 aliphatic heterocycles. The normalized spacial score (nSPS) is 10.2. The van der Waals surface area contributed by atoms with Crippen LogP contribution in [0.1, 0.15) is 22.8 Å². The fourth-order valence-corrected chi connectivity index (χ4v) is 2.70. The molecule has 154 valence electrons. The van der Waals surface area contributed by atoms with Gasteiger partial charge in [0.2, 0.25) is 0 Å². The number of hydrogen-bond acceptors (Lipinski definition) is 4. The molecule has 3 aromatic carbocycles. The Bertz CT molecular complexity index is 972. The first-order chi connectivity index (χ1) is 14.6. The van der Waals surface area contributed by atoms with Gasteiger partial charge in [-0.25, -0.2) is 0 Å². The fourth-order valence-electron chi connectivity index (χ4n) is 2.70. The van der Waals surface area contributed by atoms with Gasteiger partial charge in [-0.2, -0.15) is 0 Å². The summed E-state index contributed by atoms with van der Waals surface area (Å²) in [4.78, 5) is 24.0. The van der Waals surface area contributed by atoms with Crippen LogP contribution in [0.3, 0.4) is 0 Å². The van der Waals surface area contributed by atoms with Gasteiger partial charge in [0, 0.05) is 17.8 Å². The number of hydrogen-bond donors (Lipinski definition) is 2. The summed E-state index contributed by atoms with van der Waals surface area (Å²) in [5.74, 6) is 0.761. The smallest absolute Gasteiger partial charge is 0.257 e. The summed E-state index contributed by atoms with van der Waals surface area (Å²) >= 11 is 0. The van der Waals surface area contributed by atoms with E-state index in [1.54, 1.807) is 42.5 Å². The summed E-state index contributed by atoms with van der Waals surface area (Å²) in [5, 5.41) is 5.51. The molecule has 0 aliphatic rings. The number of carbonyl (C=O) groups excluding carboxylic acids is 2. The maximum absolute atomic E-state index is 12.6. The topological polar surface area (TPSA) is 76.7 Å². The monoisotopic (exact) mass is 404 g/mol. The van der Waals surface area contributed by atoms with Crippen LogP contribution in [0.4, 0.5) is 5.69 Å². The number of likely N-dealkylation sites (N-methyl/N-ethyl adjacent to an activating group) is 1. The van der Waals surface area contributed by atoms with E-state index in [2.05, 4.69) is 10.6 Å². The molecule has 30 heavy (non-hydrogen) atoms. The molecule has 0 heterocycles. The van der Waals surface area contributed by atoms with Crippen molar-refractivity contribution in [3.8, 4) is 11.5 Å². The van der Waals surface area contributed by atoms with Gasteiger partial charge < -0.3 is 20.1 Å².